The molecule has 0 saturated heterocycles. The molecule has 0 aliphatic carbocycles. The van der Waals surface area contributed by atoms with Crippen LogP contribution in [0.2, 0.25) is 0 Å². The fraction of sp³-hybridized carbons (Fsp3) is 0.111. The molecule has 0 aromatic heterocycles. The summed E-state index contributed by atoms with van der Waals surface area (Å²) < 4.78 is 0.923. The molecule has 0 atom stereocenters. The zero-order valence-corrected chi connectivity index (χ0v) is 7.84. The molecule has 0 fully saturated rings. The quantitative estimate of drug-likeness (QED) is 0.664. The number of aliphatic imine (C=N–C) groups is 1. The summed E-state index contributed by atoms with van der Waals surface area (Å²) in [5.41, 5.74) is 1.77. The molecule has 0 radical (unpaired) electrons. The Bertz CT molecular complexity index is 371. The minimum absolute atomic E-state index is 0.141. The Labute approximate surface area is 78.4 Å². The number of fused-ring (bicyclic) bond motifs is 1. The molecule has 12 heavy (non-hydrogen) atoms. The summed E-state index contributed by atoms with van der Waals surface area (Å²) in [6, 6.07) is 5.70. The van der Waals surface area contributed by atoms with Crippen LogP contribution in [0.1, 0.15) is 15.9 Å². The highest BCUT2D eigenvalue weighted by Crippen LogP contribution is 2.19. The number of amides is 1. The van der Waals surface area contributed by atoms with Crippen molar-refractivity contribution in [3.63, 3.8) is 0 Å². The second kappa shape index (κ2) is 2.83. The number of halogens is 1. The van der Waals surface area contributed by atoms with E-state index in [1.54, 1.807) is 6.21 Å². The van der Waals surface area contributed by atoms with Gasteiger partial charge in [-0.1, -0.05) is 22.0 Å². The van der Waals surface area contributed by atoms with E-state index < -0.39 is 0 Å². The third kappa shape index (κ3) is 1.20. The molecule has 0 saturated carbocycles. The summed E-state index contributed by atoms with van der Waals surface area (Å²) in [5, 5.41) is 0. The summed E-state index contributed by atoms with van der Waals surface area (Å²) in [6.45, 7) is 0. The maximum absolute atomic E-state index is 11.2. The van der Waals surface area contributed by atoms with Crippen LogP contribution in [0.5, 0.6) is 0 Å². The lowest BCUT2D eigenvalue weighted by atomic mass is 10.0. The van der Waals surface area contributed by atoms with E-state index in [4.69, 9.17) is 0 Å². The Morgan fingerprint density at radius 1 is 1.42 bits per heavy atom. The Kier molecular flexibility index (Phi) is 1.81. The van der Waals surface area contributed by atoms with Crippen LogP contribution in [0, 0.1) is 0 Å². The van der Waals surface area contributed by atoms with E-state index in [1.807, 2.05) is 18.2 Å². The number of carbonyl (C=O) groups excluding carboxylic acids is 1. The molecule has 0 N–H and O–H groups in total. The van der Waals surface area contributed by atoms with Gasteiger partial charge in [0.1, 0.15) is 0 Å². The highest BCUT2D eigenvalue weighted by atomic mass is 79.9. The maximum atomic E-state index is 11.2. The van der Waals surface area contributed by atoms with Gasteiger partial charge < -0.3 is 0 Å². The lowest BCUT2D eigenvalue weighted by molar-refractivity contribution is 0.100. The molecule has 2 nitrogen and oxygen atoms in total. The lowest BCUT2D eigenvalue weighted by Crippen LogP contribution is -2.07. The standard InChI is InChI=1S/C9H6BrNO/c10-7-2-1-6-3-4-11-9(12)8(6)5-7/h1-2,4-5H,3H2. The molecule has 1 aromatic carbocycles. The summed E-state index contributed by atoms with van der Waals surface area (Å²) in [7, 11) is 0. The molecule has 1 aromatic rings. The molecular weight excluding hydrogens is 218 g/mol. The van der Waals surface area contributed by atoms with Crippen LogP contribution in [0.25, 0.3) is 0 Å². The van der Waals surface area contributed by atoms with Crippen LogP contribution in [0.15, 0.2) is 27.7 Å². The number of hydrogen-bond acceptors (Lipinski definition) is 1. The van der Waals surface area contributed by atoms with Crippen molar-refractivity contribution in [2.45, 2.75) is 6.42 Å². The highest BCUT2D eigenvalue weighted by Gasteiger charge is 2.13. The molecule has 1 aliphatic rings. The molecule has 2 rings (SSSR count). The first kappa shape index (κ1) is 7.68. The second-order valence-electron chi connectivity index (χ2n) is 2.62. The van der Waals surface area contributed by atoms with Gasteiger partial charge >= 0.3 is 0 Å². The van der Waals surface area contributed by atoms with Crippen LogP contribution in [0.4, 0.5) is 0 Å². The van der Waals surface area contributed by atoms with Gasteiger partial charge in [-0.3, -0.25) is 4.79 Å². The molecular formula is C9H6BrNO. The van der Waals surface area contributed by atoms with Gasteiger partial charge in [-0.05, 0) is 17.7 Å². The molecule has 1 aliphatic heterocycles. The molecule has 0 unspecified atom stereocenters. The van der Waals surface area contributed by atoms with Crippen molar-refractivity contribution in [1.29, 1.82) is 0 Å². The Morgan fingerprint density at radius 2 is 2.25 bits per heavy atom. The summed E-state index contributed by atoms with van der Waals surface area (Å²) in [6.07, 6.45) is 2.41. The Balaban J connectivity index is 2.59. The predicted molar refractivity (Wildman–Crippen MR) is 50.7 cm³/mol. The minimum Gasteiger partial charge on any atom is -0.267 e. The van der Waals surface area contributed by atoms with Crippen molar-refractivity contribution >= 4 is 28.1 Å². The largest absolute Gasteiger partial charge is 0.276 e. The summed E-state index contributed by atoms with van der Waals surface area (Å²) in [4.78, 5) is 14.9. The smallest absolute Gasteiger partial charge is 0.267 e. The van der Waals surface area contributed by atoms with Gasteiger partial charge in [-0.25, -0.2) is 4.99 Å². The number of hydrogen-bond donors (Lipinski definition) is 0. The molecule has 1 heterocycles. The normalized spacial score (nSPS) is 14.6. The van der Waals surface area contributed by atoms with Gasteiger partial charge in [-0.15, -0.1) is 0 Å². The third-order valence-electron chi connectivity index (χ3n) is 1.82. The van der Waals surface area contributed by atoms with Crippen LogP contribution < -0.4 is 0 Å². The van der Waals surface area contributed by atoms with Gasteiger partial charge in [0.2, 0.25) is 0 Å². The van der Waals surface area contributed by atoms with Gasteiger partial charge in [0.25, 0.3) is 5.91 Å². The highest BCUT2D eigenvalue weighted by molar-refractivity contribution is 9.10. The van der Waals surface area contributed by atoms with Gasteiger partial charge in [-0.2, -0.15) is 0 Å². The molecule has 1 amide bonds. The second-order valence-corrected chi connectivity index (χ2v) is 3.54. The third-order valence-corrected chi connectivity index (χ3v) is 2.32. The van der Waals surface area contributed by atoms with E-state index in [2.05, 4.69) is 20.9 Å². The predicted octanol–water partition coefficient (Wildman–Crippen LogP) is 2.22. The monoisotopic (exact) mass is 223 g/mol. The average Bonchev–Trinajstić information content (AvgIpc) is 2.07. The van der Waals surface area contributed by atoms with Crippen molar-refractivity contribution in [2.75, 3.05) is 0 Å². The van der Waals surface area contributed by atoms with E-state index in [9.17, 15) is 4.79 Å². The topological polar surface area (TPSA) is 29.4 Å². The first-order valence-electron chi connectivity index (χ1n) is 3.62. The van der Waals surface area contributed by atoms with Gasteiger partial charge in [0, 0.05) is 22.7 Å². The molecule has 60 valence electrons. The van der Waals surface area contributed by atoms with Crippen molar-refractivity contribution in [3.8, 4) is 0 Å². The van der Waals surface area contributed by atoms with E-state index in [1.165, 1.54) is 0 Å². The molecule has 0 spiro atoms. The van der Waals surface area contributed by atoms with E-state index in [0.717, 1.165) is 16.5 Å². The van der Waals surface area contributed by atoms with Crippen molar-refractivity contribution in [3.05, 3.63) is 33.8 Å². The molecule has 0 bridgehead atoms. The minimum atomic E-state index is -0.141. The fourth-order valence-electron chi connectivity index (χ4n) is 1.22. The number of carbonyl (C=O) groups is 1. The maximum Gasteiger partial charge on any atom is 0.276 e. The van der Waals surface area contributed by atoms with Crippen molar-refractivity contribution in [2.24, 2.45) is 4.99 Å². The Morgan fingerprint density at radius 3 is 3.08 bits per heavy atom. The zero-order chi connectivity index (χ0) is 8.55. The van der Waals surface area contributed by atoms with Crippen LogP contribution in [-0.4, -0.2) is 12.1 Å². The summed E-state index contributed by atoms with van der Waals surface area (Å²) >= 11 is 3.31. The van der Waals surface area contributed by atoms with E-state index in [-0.39, 0.29) is 5.91 Å². The van der Waals surface area contributed by atoms with Crippen LogP contribution in [0.3, 0.4) is 0 Å². The van der Waals surface area contributed by atoms with Crippen molar-refractivity contribution in [1.82, 2.24) is 0 Å². The zero-order valence-electron chi connectivity index (χ0n) is 6.25. The lowest BCUT2D eigenvalue weighted by Gasteiger charge is -2.08. The van der Waals surface area contributed by atoms with Gasteiger partial charge in [0.05, 0.1) is 0 Å². The van der Waals surface area contributed by atoms with Crippen LogP contribution in [-0.2, 0) is 6.42 Å². The average molecular weight is 224 g/mol. The first-order chi connectivity index (χ1) is 5.77. The van der Waals surface area contributed by atoms with Crippen LogP contribution >= 0.6 is 15.9 Å². The SMILES string of the molecule is O=C1N=CCc2ccc(Br)cc21. The first-order valence-corrected chi connectivity index (χ1v) is 4.42. The number of benzene rings is 1. The van der Waals surface area contributed by atoms with E-state index >= 15 is 0 Å². The Hall–Kier alpha value is -0.960. The number of nitrogens with zero attached hydrogens (tertiary/aromatic N) is 1. The van der Waals surface area contributed by atoms with Crippen molar-refractivity contribution < 1.29 is 4.79 Å². The number of rotatable bonds is 0. The fourth-order valence-corrected chi connectivity index (χ4v) is 1.58. The molecule has 3 heteroatoms. The van der Waals surface area contributed by atoms with Gasteiger partial charge in [0.15, 0.2) is 0 Å². The summed E-state index contributed by atoms with van der Waals surface area (Å²) in [5.74, 6) is -0.141. The van der Waals surface area contributed by atoms with E-state index in [0.29, 0.717) is 5.56 Å².